The SMILES string of the molecule is CCNC(=NCc1ccc(N2CCCCC2=O)cc1)NC1CCC(SC)C1. The number of benzene rings is 1. The lowest BCUT2D eigenvalue weighted by Gasteiger charge is -2.26. The van der Waals surface area contributed by atoms with Crippen molar-refractivity contribution in [3.05, 3.63) is 29.8 Å². The van der Waals surface area contributed by atoms with Gasteiger partial charge in [0.05, 0.1) is 6.54 Å². The lowest BCUT2D eigenvalue weighted by atomic mass is 10.1. The first-order valence-electron chi connectivity index (χ1n) is 10.2. The number of hydrogen-bond donors (Lipinski definition) is 2. The Bertz CT molecular complexity index is 646. The predicted octanol–water partition coefficient (Wildman–Crippen LogP) is 3.54. The van der Waals surface area contributed by atoms with Crippen LogP contribution in [0.4, 0.5) is 5.69 Å². The molecule has 1 aromatic rings. The molecule has 1 aliphatic heterocycles. The molecule has 148 valence electrons. The first-order valence-corrected chi connectivity index (χ1v) is 11.5. The molecule has 3 rings (SSSR count). The third-order valence-corrected chi connectivity index (χ3v) is 6.49. The van der Waals surface area contributed by atoms with E-state index in [0.717, 1.165) is 48.4 Å². The fraction of sp³-hybridized carbons (Fsp3) is 0.619. The predicted molar refractivity (Wildman–Crippen MR) is 116 cm³/mol. The molecule has 2 N–H and O–H groups in total. The maximum Gasteiger partial charge on any atom is 0.226 e. The van der Waals surface area contributed by atoms with Gasteiger partial charge in [-0.25, -0.2) is 4.99 Å². The average molecular weight is 389 g/mol. The molecule has 5 nitrogen and oxygen atoms in total. The second-order valence-corrected chi connectivity index (χ2v) is 8.51. The summed E-state index contributed by atoms with van der Waals surface area (Å²) in [6, 6.07) is 8.80. The Morgan fingerprint density at radius 3 is 2.74 bits per heavy atom. The number of nitrogens with one attached hydrogen (secondary N) is 2. The van der Waals surface area contributed by atoms with Gasteiger partial charge in [0.2, 0.25) is 5.91 Å². The normalized spacial score (nSPS) is 23.6. The second kappa shape index (κ2) is 10.0. The summed E-state index contributed by atoms with van der Waals surface area (Å²) in [6.45, 7) is 4.44. The number of carbonyl (C=O) groups is 1. The molecule has 2 atom stereocenters. The van der Waals surface area contributed by atoms with Gasteiger partial charge in [-0.3, -0.25) is 4.79 Å². The topological polar surface area (TPSA) is 56.7 Å². The Labute approximate surface area is 167 Å². The van der Waals surface area contributed by atoms with Crippen LogP contribution in [0.25, 0.3) is 0 Å². The highest BCUT2D eigenvalue weighted by atomic mass is 32.2. The third kappa shape index (κ3) is 5.64. The van der Waals surface area contributed by atoms with Crippen molar-refractivity contribution >= 4 is 29.3 Å². The fourth-order valence-electron chi connectivity index (χ4n) is 3.83. The molecule has 0 radical (unpaired) electrons. The van der Waals surface area contributed by atoms with Gasteiger partial charge in [-0.05, 0) is 63.0 Å². The number of guanidine groups is 1. The van der Waals surface area contributed by atoms with Crippen molar-refractivity contribution in [3.63, 3.8) is 0 Å². The third-order valence-electron chi connectivity index (χ3n) is 5.39. The molecule has 6 heteroatoms. The van der Waals surface area contributed by atoms with E-state index in [4.69, 9.17) is 4.99 Å². The van der Waals surface area contributed by atoms with Gasteiger partial charge in [0, 0.05) is 36.5 Å². The molecule has 1 heterocycles. The largest absolute Gasteiger partial charge is 0.357 e. The highest BCUT2D eigenvalue weighted by molar-refractivity contribution is 7.99. The molecule has 1 aliphatic carbocycles. The van der Waals surface area contributed by atoms with E-state index in [1.807, 2.05) is 16.7 Å². The Hall–Kier alpha value is -1.69. The molecular formula is C21H32N4OS. The van der Waals surface area contributed by atoms with E-state index >= 15 is 0 Å². The van der Waals surface area contributed by atoms with Gasteiger partial charge in [-0.1, -0.05) is 12.1 Å². The van der Waals surface area contributed by atoms with E-state index in [-0.39, 0.29) is 5.91 Å². The lowest BCUT2D eigenvalue weighted by Crippen LogP contribution is -2.42. The molecule has 1 amide bonds. The highest BCUT2D eigenvalue weighted by Gasteiger charge is 2.24. The summed E-state index contributed by atoms with van der Waals surface area (Å²) in [5.74, 6) is 1.14. The van der Waals surface area contributed by atoms with E-state index in [1.54, 1.807) is 0 Å². The van der Waals surface area contributed by atoms with Crippen molar-refractivity contribution in [1.82, 2.24) is 10.6 Å². The molecule has 0 bridgehead atoms. The summed E-state index contributed by atoms with van der Waals surface area (Å²) in [7, 11) is 0. The van der Waals surface area contributed by atoms with E-state index in [1.165, 1.54) is 19.3 Å². The number of thioether (sulfide) groups is 1. The van der Waals surface area contributed by atoms with Crippen molar-refractivity contribution in [1.29, 1.82) is 0 Å². The van der Waals surface area contributed by atoms with Crippen LogP contribution in [-0.2, 0) is 11.3 Å². The van der Waals surface area contributed by atoms with Gasteiger partial charge in [0.1, 0.15) is 0 Å². The minimum absolute atomic E-state index is 0.241. The molecular weight excluding hydrogens is 356 g/mol. The van der Waals surface area contributed by atoms with Crippen molar-refractivity contribution in [2.75, 3.05) is 24.2 Å². The standard InChI is InChI=1S/C21H32N4OS/c1-3-22-21(24-17-9-12-19(14-17)27-2)23-15-16-7-10-18(11-8-16)25-13-5-4-6-20(25)26/h7-8,10-11,17,19H,3-6,9,12-15H2,1-2H3,(H2,22,23,24). The first kappa shape index (κ1) is 20.1. The van der Waals surface area contributed by atoms with E-state index < -0.39 is 0 Å². The maximum atomic E-state index is 12.1. The summed E-state index contributed by atoms with van der Waals surface area (Å²) in [5, 5.41) is 7.73. The smallest absolute Gasteiger partial charge is 0.226 e. The van der Waals surface area contributed by atoms with Crippen LogP contribution in [0.5, 0.6) is 0 Å². The van der Waals surface area contributed by atoms with Crippen LogP contribution in [0.1, 0.15) is 51.0 Å². The molecule has 1 aromatic carbocycles. The number of rotatable bonds is 6. The lowest BCUT2D eigenvalue weighted by molar-refractivity contribution is -0.119. The van der Waals surface area contributed by atoms with Crippen LogP contribution in [-0.4, -0.2) is 42.5 Å². The minimum Gasteiger partial charge on any atom is -0.357 e. The van der Waals surface area contributed by atoms with Crippen LogP contribution < -0.4 is 15.5 Å². The number of amides is 1. The van der Waals surface area contributed by atoms with E-state index in [9.17, 15) is 4.79 Å². The molecule has 0 spiro atoms. The van der Waals surface area contributed by atoms with E-state index in [2.05, 4.69) is 48.1 Å². The number of piperidine rings is 1. The number of anilines is 1. The molecule has 0 aromatic heterocycles. The van der Waals surface area contributed by atoms with Crippen molar-refractivity contribution < 1.29 is 4.79 Å². The summed E-state index contributed by atoms with van der Waals surface area (Å²) < 4.78 is 0. The molecule has 2 unspecified atom stereocenters. The number of carbonyl (C=O) groups excluding carboxylic acids is 1. The highest BCUT2D eigenvalue weighted by Crippen LogP contribution is 2.28. The zero-order valence-electron chi connectivity index (χ0n) is 16.5. The Morgan fingerprint density at radius 1 is 1.26 bits per heavy atom. The fourth-order valence-corrected chi connectivity index (χ4v) is 4.63. The quantitative estimate of drug-likeness (QED) is 0.578. The van der Waals surface area contributed by atoms with Crippen LogP contribution in [0.2, 0.25) is 0 Å². The Morgan fingerprint density at radius 2 is 2.07 bits per heavy atom. The number of nitrogens with zero attached hydrogens (tertiary/aromatic N) is 2. The van der Waals surface area contributed by atoms with Gasteiger partial charge in [-0.2, -0.15) is 11.8 Å². The molecule has 1 saturated carbocycles. The molecule has 1 saturated heterocycles. The van der Waals surface area contributed by atoms with Crippen LogP contribution in [0.3, 0.4) is 0 Å². The Kier molecular flexibility index (Phi) is 7.44. The van der Waals surface area contributed by atoms with Crippen LogP contribution in [0, 0.1) is 0 Å². The van der Waals surface area contributed by atoms with Gasteiger partial charge in [0.25, 0.3) is 0 Å². The molecule has 27 heavy (non-hydrogen) atoms. The summed E-state index contributed by atoms with van der Waals surface area (Å²) >= 11 is 1.97. The Balaban J connectivity index is 1.58. The summed E-state index contributed by atoms with van der Waals surface area (Å²) in [5.41, 5.74) is 2.17. The van der Waals surface area contributed by atoms with Crippen LogP contribution in [0.15, 0.2) is 29.3 Å². The minimum atomic E-state index is 0.241. The van der Waals surface area contributed by atoms with Gasteiger partial charge >= 0.3 is 0 Å². The number of aliphatic imine (C=N–C) groups is 1. The first-order chi connectivity index (χ1) is 13.2. The molecule has 2 fully saturated rings. The number of hydrogen-bond acceptors (Lipinski definition) is 3. The van der Waals surface area contributed by atoms with Crippen molar-refractivity contribution in [2.45, 2.75) is 63.3 Å². The zero-order valence-corrected chi connectivity index (χ0v) is 17.4. The van der Waals surface area contributed by atoms with Gasteiger partial charge in [-0.15, -0.1) is 0 Å². The van der Waals surface area contributed by atoms with Crippen molar-refractivity contribution in [2.24, 2.45) is 4.99 Å². The molecule has 2 aliphatic rings. The van der Waals surface area contributed by atoms with Gasteiger partial charge in [0.15, 0.2) is 5.96 Å². The maximum absolute atomic E-state index is 12.1. The monoisotopic (exact) mass is 388 g/mol. The van der Waals surface area contributed by atoms with Crippen LogP contribution >= 0.6 is 11.8 Å². The average Bonchev–Trinajstić information content (AvgIpc) is 3.15. The van der Waals surface area contributed by atoms with E-state index in [0.29, 0.717) is 19.0 Å². The summed E-state index contributed by atoms with van der Waals surface area (Å²) in [6.07, 6.45) is 8.69. The zero-order chi connectivity index (χ0) is 19.1. The van der Waals surface area contributed by atoms with Crippen molar-refractivity contribution in [3.8, 4) is 0 Å². The summed E-state index contributed by atoms with van der Waals surface area (Å²) in [4.78, 5) is 18.7. The van der Waals surface area contributed by atoms with Gasteiger partial charge < -0.3 is 15.5 Å². The second-order valence-electron chi connectivity index (χ2n) is 7.38.